The predicted molar refractivity (Wildman–Crippen MR) is 51.4 cm³/mol. The van der Waals surface area contributed by atoms with Crippen molar-refractivity contribution in [3.8, 4) is 0 Å². The Morgan fingerprint density at radius 2 is 2.23 bits per heavy atom. The number of hydrogen-bond donors (Lipinski definition) is 2. The lowest BCUT2D eigenvalue weighted by Gasteiger charge is -2.22. The Hall–Kier alpha value is -0.800. The summed E-state index contributed by atoms with van der Waals surface area (Å²) < 4.78 is 5.26. The summed E-state index contributed by atoms with van der Waals surface area (Å²) >= 11 is 0. The fourth-order valence-corrected chi connectivity index (χ4v) is 0.961. The lowest BCUT2D eigenvalue weighted by atomic mass is 10.1. The average molecular weight is 183 g/mol. The molecule has 0 atom stereocenters. The standard InChI is InChI=1S/C10H17NO2/c1-8-4-5-13-9(8)6-11-10(2,3)7-12/h4-5,11-12H,6-7H2,1-3H3. The average Bonchev–Trinajstić information content (AvgIpc) is 2.48. The molecule has 1 aromatic rings. The number of rotatable bonds is 4. The monoisotopic (exact) mass is 183 g/mol. The van der Waals surface area contributed by atoms with E-state index in [2.05, 4.69) is 5.32 Å². The van der Waals surface area contributed by atoms with Gasteiger partial charge in [0.2, 0.25) is 0 Å². The molecule has 13 heavy (non-hydrogen) atoms. The van der Waals surface area contributed by atoms with Gasteiger partial charge in [0.1, 0.15) is 5.76 Å². The number of furan rings is 1. The molecule has 0 saturated heterocycles. The third-order valence-electron chi connectivity index (χ3n) is 2.09. The zero-order valence-electron chi connectivity index (χ0n) is 8.42. The minimum Gasteiger partial charge on any atom is -0.468 e. The van der Waals surface area contributed by atoms with Crippen LogP contribution in [0.25, 0.3) is 0 Å². The van der Waals surface area contributed by atoms with Gasteiger partial charge in [-0.05, 0) is 32.4 Å². The second-order valence-electron chi connectivity index (χ2n) is 3.92. The van der Waals surface area contributed by atoms with Crippen LogP contribution in [0.2, 0.25) is 0 Å². The Labute approximate surface area is 78.8 Å². The summed E-state index contributed by atoms with van der Waals surface area (Å²) in [6.07, 6.45) is 1.68. The Morgan fingerprint density at radius 3 is 2.69 bits per heavy atom. The number of nitrogens with one attached hydrogen (secondary N) is 1. The van der Waals surface area contributed by atoms with Crippen molar-refractivity contribution in [2.24, 2.45) is 0 Å². The molecule has 0 saturated carbocycles. The molecule has 74 valence electrons. The highest BCUT2D eigenvalue weighted by molar-refractivity contribution is 5.14. The van der Waals surface area contributed by atoms with E-state index < -0.39 is 0 Å². The minimum absolute atomic E-state index is 0.118. The van der Waals surface area contributed by atoms with Crippen molar-refractivity contribution in [1.29, 1.82) is 0 Å². The highest BCUT2D eigenvalue weighted by atomic mass is 16.3. The normalized spacial score (nSPS) is 12.0. The molecule has 3 nitrogen and oxygen atoms in total. The Bertz CT molecular complexity index is 266. The Kier molecular flexibility index (Phi) is 3.12. The van der Waals surface area contributed by atoms with Crippen molar-refractivity contribution >= 4 is 0 Å². The van der Waals surface area contributed by atoms with Crippen LogP contribution >= 0.6 is 0 Å². The summed E-state index contributed by atoms with van der Waals surface area (Å²) in [6, 6.07) is 1.93. The summed E-state index contributed by atoms with van der Waals surface area (Å²) in [5.41, 5.74) is 0.889. The molecule has 1 aromatic heterocycles. The fourth-order valence-electron chi connectivity index (χ4n) is 0.961. The van der Waals surface area contributed by atoms with Crippen molar-refractivity contribution in [1.82, 2.24) is 5.32 Å². The van der Waals surface area contributed by atoms with E-state index in [4.69, 9.17) is 9.52 Å². The van der Waals surface area contributed by atoms with Crippen LogP contribution in [0.4, 0.5) is 0 Å². The molecule has 3 heteroatoms. The quantitative estimate of drug-likeness (QED) is 0.742. The van der Waals surface area contributed by atoms with Crippen molar-refractivity contribution in [3.63, 3.8) is 0 Å². The maximum absolute atomic E-state index is 9.00. The van der Waals surface area contributed by atoms with E-state index in [9.17, 15) is 0 Å². The van der Waals surface area contributed by atoms with Crippen LogP contribution in [0.3, 0.4) is 0 Å². The molecule has 0 aliphatic rings. The van der Waals surface area contributed by atoms with Gasteiger partial charge < -0.3 is 14.8 Å². The van der Waals surface area contributed by atoms with Gasteiger partial charge in [-0.1, -0.05) is 0 Å². The lowest BCUT2D eigenvalue weighted by Crippen LogP contribution is -2.42. The second-order valence-corrected chi connectivity index (χ2v) is 3.92. The van der Waals surface area contributed by atoms with Gasteiger partial charge in [-0.3, -0.25) is 0 Å². The van der Waals surface area contributed by atoms with Crippen molar-refractivity contribution in [2.45, 2.75) is 32.9 Å². The summed E-state index contributed by atoms with van der Waals surface area (Å²) in [6.45, 7) is 6.68. The van der Waals surface area contributed by atoms with E-state index in [0.29, 0.717) is 6.54 Å². The molecule has 0 unspecified atom stereocenters. The van der Waals surface area contributed by atoms with Gasteiger partial charge in [-0.25, -0.2) is 0 Å². The Balaban J connectivity index is 2.48. The van der Waals surface area contributed by atoms with E-state index in [0.717, 1.165) is 11.3 Å². The molecule has 0 bridgehead atoms. The molecule has 2 N–H and O–H groups in total. The van der Waals surface area contributed by atoms with Crippen LogP contribution in [-0.4, -0.2) is 17.3 Å². The van der Waals surface area contributed by atoms with Gasteiger partial charge in [0, 0.05) is 5.54 Å². The van der Waals surface area contributed by atoms with E-state index >= 15 is 0 Å². The maximum Gasteiger partial charge on any atom is 0.120 e. The van der Waals surface area contributed by atoms with Crippen LogP contribution in [0, 0.1) is 6.92 Å². The van der Waals surface area contributed by atoms with E-state index in [1.165, 1.54) is 0 Å². The van der Waals surface area contributed by atoms with Gasteiger partial charge in [0.25, 0.3) is 0 Å². The van der Waals surface area contributed by atoms with Crippen LogP contribution in [-0.2, 0) is 6.54 Å². The number of hydrogen-bond acceptors (Lipinski definition) is 3. The minimum atomic E-state index is -0.251. The molecule has 0 fully saturated rings. The first kappa shape index (κ1) is 10.3. The third kappa shape index (κ3) is 2.86. The number of aryl methyl sites for hydroxylation is 1. The SMILES string of the molecule is Cc1ccoc1CNC(C)(C)CO. The van der Waals surface area contributed by atoms with Crippen molar-refractivity contribution in [3.05, 3.63) is 23.7 Å². The van der Waals surface area contributed by atoms with Crippen LogP contribution in [0.5, 0.6) is 0 Å². The molecule has 1 heterocycles. The van der Waals surface area contributed by atoms with E-state index in [1.54, 1.807) is 6.26 Å². The van der Waals surface area contributed by atoms with E-state index in [-0.39, 0.29) is 12.1 Å². The van der Waals surface area contributed by atoms with Crippen molar-refractivity contribution in [2.75, 3.05) is 6.61 Å². The van der Waals surface area contributed by atoms with Crippen LogP contribution < -0.4 is 5.32 Å². The molecule has 0 radical (unpaired) electrons. The molecular formula is C10H17NO2. The molecule has 0 aliphatic carbocycles. The van der Waals surface area contributed by atoms with Gasteiger partial charge >= 0.3 is 0 Å². The zero-order valence-corrected chi connectivity index (χ0v) is 8.42. The van der Waals surface area contributed by atoms with Gasteiger partial charge in [-0.2, -0.15) is 0 Å². The topological polar surface area (TPSA) is 45.4 Å². The molecular weight excluding hydrogens is 166 g/mol. The summed E-state index contributed by atoms with van der Waals surface area (Å²) in [4.78, 5) is 0. The maximum atomic E-state index is 9.00. The number of aliphatic hydroxyl groups excluding tert-OH is 1. The first-order chi connectivity index (χ1) is 6.05. The third-order valence-corrected chi connectivity index (χ3v) is 2.09. The molecule has 0 spiro atoms. The zero-order chi connectivity index (χ0) is 9.90. The van der Waals surface area contributed by atoms with Crippen LogP contribution in [0.1, 0.15) is 25.2 Å². The highest BCUT2D eigenvalue weighted by Gasteiger charge is 2.15. The van der Waals surface area contributed by atoms with E-state index in [1.807, 2.05) is 26.8 Å². The Morgan fingerprint density at radius 1 is 1.54 bits per heavy atom. The fraction of sp³-hybridized carbons (Fsp3) is 0.600. The van der Waals surface area contributed by atoms with Gasteiger partial charge in [-0.15, -0.1) is 0 Å². The first-order valence-corrected chi connectivity index (χ1v) is 4.44. The predicted octanol–water partition coefficient (Wildman–Crippen LogP) is 1.45. The van der Waals surface area contributed by atoms with Gasteiger partial charge in [0.15, 0.2) is 0 Å². The van der Waals surface area contributed by atoms with Crippen molar-refractivity contribution < 1.29 is 9.52 Å². The summed E-state index contributed by atoms with van der Waals surface area (Å²) in [5.74, 6) is 0.932. The molecule has 0 aliphatic heterocycles. The highest BCUT2D eigenvalue weighted by Crippen LogP contribution is 2.10. The number of aliphatic hydroxyl groups is 1. The first-order valence-electron chi connectivity index (χ1n) is 4.44. The summed E-state index contributed by atoms with van der Waals surface area (Å²) in [7, 11) is 0. The molecule has 1 rings (SSSR count). The second kappa shape index (κ2) is 3.94. The summed E-state index contributed by atoms with van der Waals surface area (Å²) in [5, 5.41) is 12.2. The van der Waals surface area contributed by atoms with Crippen LogP contribution in [0.15, 0.2) is 16.7 Å². The molecule has 0 amide bonds. The largest absolute Gasteiger partial charge is 0.468 e. The molecule has 0 aromatic carbocycles. The van der Waals surface area contributed by atoms with Gasteiger partial charge in [0.05, 0.1) is 19.4 Å². The smallest absolute Gasteiger partial charge is 0.120 e. The lowest BCUT2D eigenvalue weighted by molar-refractivity contribution is 0.184.